The Kier molecular flexibility index (Phi) is 9.71. The zero-order valence-corrected chi connectivity index (χ0v) is 26.6. The highest BCUT2D eigenvalue weighted by Gasteiger charge is 2.36. The highest BCUT2D eigenvalue weighted by molar-refractivity contribution is 7.99. The van der Waals surface area contributed by atoms with Crippen LogP contribution < -0.4 is 15.3 Å². The van der Waals surface area contributed by atoms with E-state index in [1.165, 1.54) is 51.5 Å². The molecule has 0 saturated carbocycles. The molecule has 0 amide bonds. The average molecular weight is 581 g/mol. The fourth-order valence-electron chi connectivity index (χ4n) is 5.57. The van der Waals surface area contributed by atoms with Crippen LogP contribution >= 0.6 is 11.8 Å². The highest BCUT2D eigenvalue weighted by Crippen LogP contribution is 2.54. The zero-order chi connectivity index (χ0) is 28.8. The first-order valence-electron chi connectivity index (χ1n) is 14.9. The molecule has 4 aromatic carbocycles. The number of unbranched alkanes of at least 4 members (excludes halogenated alkanes) is 3. The van der Waals surface area contributed by atoms with Crippen molar-refractivity contribution in [2.24, 2.45) is 5.41 Å². The number of anilines is 2. The van der Waals surface area contributed by atoms with Crippen molar-refractivity contribution < 1.29 is 9.53 Å². The predicted octanol–water partition coefficient (Wildman–Crippen LogP) is 8.27. The summed E-state index contributed by atoms with van der Waals surface area (Å²) < 4.78 is 7.35. The van der Waals surface area contributed by atoms with Crippen molar-refractivity contribution >= 4 is 42.6 Å². The first kappa shape index (κ1) is 29.7. The van der Waals surface area contributed by atoms with E-state index >= 15 is 0 Å². The van der Waals surface area contributed by atoms with Gasteiger partial charge in [0.05, 0.1) is 24.1 Å². The number of benzene rings is 4. The summed E-state index contributed by atoms with van der Waals surface area (Å²) in [5.74, 6) is 0. The van der Waals surface area contributed by atoms with Gasteiger partial charge < -0.3 is 14.4 Å². The van der Waals surface area contributed by atoms with Crippen molar-refractivity contribution in [3.63, 3.8) is 0 Å². The largest absolute Gasteiger partial charge is 0.400 e. The maximum atomic E-state index is 10.3. The van der Waals surface area contributed by atoms with Crippen LogP contribution in [-0.4, -0.2) is 20.7 Å². The Balaban J connectivity index is 1.61. The number of rotatable bonds is 11. The molecular formula is C36H42NO2SSi. The molecule has 4 aromatic rings. The molecule has 1 N–H and O–H groups in total. The summed E-state index contributed by atoms with van der Waals surface area (Å²) in [7, 11) is -1.52. The Morgan fingerprint density at radius 3 is 1.95 bits per heavy atom. The topological polar surface area (TPSA) is 32.7 Å². The molecule has 1 aliphatic rings. The molecule has 1 atom stereocenters. The Hall–Kier alpha value is -2.83. The van der Waals surface area contributed by atoms with E-state index < -0.39 is 9.04 Å². The van der Waals surface area contributed by atoms with Gasteiger partial charge in [0.1, 0.15) is 0 Å². The summed E-state index contributed by atoms with van der Waals surface area (Å²) >= 11 is 1.80. The zero-order valence-electron chi connectivity index (χ0n) is 24.8. The molecule has 1 radical (unpaired) electrons. The van der Waals surface area contributed by atoms with Gasteiger partial charge in [-0.2, -0.15) is 0 Å². The maximum Gasteiger partial charge on any atom is 0.283 e. The van der Waals surface area contributed by atoms with Crippen molar-refractivity contribution in [3.8, 4) is 0 Å². The number of nitrogens with zero attached hydrogens (tertiary/aromatic N) is 1. The number of hydrogen-bond acceptors (Lipinski definition) is 4. The first-order chi connectivity index (χ1) is 19.9. The number of aliphatic hydroxyl groups is 1. The van der Waals surface area contributed by atoms with Gasteiger partial charge in [0.25, 0.3) is 9.04 Å². The highest BCUT2D eigenvalue weighted by atomic mass is 32.2. The fourth-order valence-corrected chi connectivity index (χ4v) is 9.21. The first-order valence-corrected chi connectivity index (χ1v) is 17.1. The summed E-state index contributed by atoms with van der Waals surface area (Å²) in [6, 6.07) is 34.5. The molecule has 1 aliphatic heterocycles. The maximum absolute atomic E-state index is 10.3. The number of fused-ring (bicyclic) bond motifs is 2. The molecule has 5 rings (SSSR count). The lowest BCUT2D eigenvalue weighted by Gasteiger charge is -2.39. The van der Waals surface area contributed by atoms with Crippen molar-refractivity contribution in [2.75, 3.05) is 11.4 Å². The van der Waals surface area contributed by atoms with Gasteiger partial charge in [0, 0.05) is 16.3 Å². The van der Waals surface area contributed by atoms with Crippen LogP contribution in [-0.2, 0) is 11.0 Å². The molecule has 1 heterocycles. The molecule has 1 unspecified atom stereocenters. The van der Waals surface area contributed by atoms with Crippen LogP contribution in [0.1, 0.15) is 70.6 Å². The van der Waals surface area contributed by atoms with Crippen LogP contribution in [0.15, 0.2) is 107 Å². The van der Waals surface area contributed by atoms with Crippen LogP contribution in [0.25, 0.3) is 0 Å². The minimum Gasteiger partial charge on any atom is -0.400 e. The molecule has 213 valence electrons. The predicted molar refractivity (Wildman–Crippen MR) is 175 cm³/mol. The van der Waals surface area contributed by atoms with Crippen molar-refractivity contribution in [1.82, 2.24) is 0 Å². The van der Waals surface area contributed by atoms with Crippen molar-refractivity contribution in [3.05, 3.63) is 108 Å². The van der Waals surface area contributed by atoms with Gasteiger partial charge in [-0.25, -0.2) is 0 Å². The Labute approximate surface area is 252 Å². The van der Waals surface area contributed by atoms with Crippen molar-refractivity contribution in [2.45, 2.75) is 75.9 Å². The molecular weight excluding hydrogens is 539 g/mol. The SMILES string of the molecule is CCCCCCN1c2cccc(CO)c2Sc2c(C(O[Si](c3ccccc3)c3ccccc3)C(C)(C)C)cccc21. The Bertz CT molecular complexity index is 1380. The normalized spacial score (nSPS) is 13.7. The smallest absolute Gasteiger partial charge is 0.283 e. The van der Waals surface area contributed by atoms with Gasteiger partial charge >= 0.3 is 0 Å². The third-order valence-corrected chi connectivity index (χ3v) is 11.2. The van der Waals surface area contributed by atoms with E-state index in [2.05, 4.69) is 130 Å². The summed E-state index contributed by atoms with van der Waals surface area (Å²) in [6.45, 7) is 10.1. The van der Waals surface area contributed by atoms with Crippen molar-refractivity contribution in [1.29, 1.82) is 0 Å². The van der Waals surface area contributed by atoms with Gasteiger partial charge in [-0.3, -0.25) is 0 Å². The van der Waals surface area contributed by atoms with E-state index in [0.29, 0.717) is 0 Å². The third kappa shape index (κ3) is 6.65. The summed E-state index contributed by atoms with van der Waals surface area (Å²) in [6.07, 6.45) is 4.71. The van der Waals surface area contributed by atoms with Crippen LogP contribution in [0.5, 0.6) is 0 Å². The van der Waals surface area contributed by atoms with Crippen LogP contribution in [0, 0.1) is 5.41 Å². The quantitative estimate of drug-likeness (QED) is 0.143. The van der Waals surface area contributed by atoms with E-state index in [1.54, 1.807) is 11.8 Å². The van der Waals surface area contributed by atoms with E-state index in [-0.39, 0.29) is 18.1 Å². The lowest BCUT2D eigenvalue weighted by molar-refractivity contribution is 0.0874. The second-order valence-electron chi connectivity index (χ2n) is 11.9. The summed E-state index contributed by atoms with van der Waals surface area (Å²) in [4.78, 5) is 4.90. The van der Waals surface area contributed by atoms with Gasteiger partial charge in [0.15, 0.2) is 0 Å². The Morgan fingerprint density at radius 1 is 0.756 bits per heavy atom. The van der Waals surface area contributed by atoms with Gasteiger partial charge in [0.2, 0.25) is 0 Å². The molecule has 3 nitrogen and oxygen atoms in total. The molecule has 0 aromatic heterocycles. The molecule has 0 bridgehead atoms. The second-order valence-corrected chi connectivity index (χ2v) is 14.9. The van der Waals surface area contributed by atoms with Gasteiger partial charge in [-0.1, -0.05) is 144 Å². The Morgan fingerprint density at radius 2 is 1.37 bits per heavy atom. The molecule has 0 spiro atoms. The molecule has 5 heteroatoms. The van der Waals surface area contributed by atoms with Gasteiger partial charge in [-0.05, 0) is 45.5 Å². The van der Waals surface area contributed by atoms with E-state index in [0.717, 1.165) is 23.4 Å². The lowest BCUT2D eigenvalue weighted by atomic mass is 9.84. The monoisotopic (exact) mass is 580 g/mol. The summed E-state index contributed by atoms with van der Waals surface area (Å²) in [5.41, 5.74) is 4.52. The van der Waals surface area contributed by atoms with E-state index in [9.17, 15) is 5.11 Å². The molecule has 0 saturated heterocycles. The number of hydrogen-bond donors (Lipinski definition) is 1. The van der Waals surface area contributed by atoms with Crippen LogP contribution in [0.3, 0.4) is 0 Å². The minimum absolute atomic E-state index is 0.0334. The standard InChI is InChI=1S/C36H42NO2SSi/c1-5-6-7-14-25-37-31-23-15-17-27(26-38)33(31)40-34-30(22-16-24-32(34)37)35(36(2,3)4)39-41(28-18-10-8-11-19-28)29-20-12-9-13-21-29/h8-13,15-24,35,38H,5-7,14,25-26H2,1-4H3. The van der Waals surface area contributed by atoms with E-state index in [4.69, 9.17) is 4.43 Å². The van der Waals surface area contributed by atoms with Gasteiger partial charge in [-0.15, -0.1) is 0 Å². The molecule has 0 aliphatic carbocycles. The lowest BCUT2D eigenvalue weighted by Crippen LogP contribution is -2.47. The van der Waals surface area contributed by atoms with Crippen LogP contribution in [0.4, 0.5) is 11.4 Å². The second kappa shape index (κ2) is 13.4. The summed E-state index contributed by atoms with van der Waals surface area (Å²) in [5, 5.41) is 12.8. The van der Waals surface area contributed by atoms with E-state index in [1.807, 2.05) is 0 Å². The fraction of sp³-hybridized carbons (Fsp3) is 0.333. The number of aliphatic hydroxyl groups excluding tert-OH is 1. The average Bonchev–Trinajstić information content (AvgIpc) is 2.99. The van der Waals surface area contributed by atoms with Crippen LogP contribution in [0.2, 0.25) is 0 Å². The molecule has 41 heavy (non-hydrogen) atoms. The third-order valence-electron chi connectivity index (χ3n) is 7.67. The minimum atomic E-state index is -1.52. The molecule has 0 fully saturated rings.